The van der Waals surface area contributed by atoms with Crippen molar-refractivity contribution in [2.75, 3.05) is 0 Å². The highest BCUT2D eigenvalue weighted by atomic mass is 15.0. The molecule has 208 valence electrons. The van der Waals surface area contributed by atoms with Gasteiger partial charge in [0.05, 0.1) is 5.41 Å². The first-order chi connectivity index (χ1) is 20.2. The molecule has 1 aliphatic carbocycles. The van der Waals surface area contributed by atoms with E-state index in [1.54, 1.807) is 0 Å². The van der Waals surface area contributed by atoms with Crippen LogP contribution in [-0.4, -0.2) is 5.66 Å². The number of aryl methyl sites for hydroxylation is 4. The highest BCUT2D eigenvalue weighted by Gasteiger charge is 2.46. The summed E-state index contributed by atoms with van der Waals surface area (Å²) in [5.74, 6) is 0. The third-order valence-corrected chi connectivity index (χ3v) is 8.59. The van der Waals surface area contributed by atoms with Gasteiger partial charge in [0.1, 0.15) is 5.66 Å². The normalized spacial score (nSPS) is 17.9. The van der Waals surface area contributed by atoms with Crippen LogP contribution in [0.25, 0.3) is 22.3 Å². The number of nitrogens with two attached hydrogens (primary N) is 2. The molecule has 2 heteroatoms. The maximum absolute atomic E-state index is 7.05. The van der Waals surface area contributed by atoms with E-state index < -0.39 is 11.1 Å². The minimum Gasteiger partial charge on any atom is -0.306 e. The van der Waals surface area contributed by atoms with Crippen molar-refractivity contribution in [3.8, 4) is 11.1 Å². The van der Waals surface area contributed by atoms with Crippen molar-refractivity contribution in [3.63, 3.8) is 0 Å². The molecule has 2 nitrogen and oxygen atoms in total. The topological polar surface area (TPSA) is 52.0 Å². The number of benzene rings is 5. The largest absolute Gasteiger partial charge is 0.306 e. The van der Waals surface area contributed by atoms with Crippen LogP contribution in [0, 0.1) is 27.7 Å². The molecule has 0 aliphatic heterocycles. The highest BCUT2D eigenvalue weighted by Crippen LogP contribution is 2.55. The van der Waals surface area contributed by atoms with Crippen LogP contribution in [0.3, 0.4) is 0 Å². The minimum atomic E-state index is -1.18. The summed E-state index contributed by atoms with van der Waals surface area (Å²) in [5.41, 5.74) is 25.9. The second-order valence-corrected chi connectivity index (χ2v) is 11.8. The lowest BCUT2D eigenvalue weighted by Gasteiger charge is -2.45. The summed E-state index contributed by atoms with van der Waals surface area (Å²) < 4.78 is 0. The number of allylic oxidation sites excluding steroid dienone is 2. The van der Waals surface area contributed by atoms with Gasteiger partial charge >= 0.3 is 0 Å². The lowest BCUT2D eigenvalue weighted by Crippen LogP contribution is -2.52. The fourth-order valence-corrected chi connectivity index (χ4v) is 6.30. The lowest BCUT2D eigenvalue weighted by molar-refractivity contribution is 0.677. The van der Waals surface area contributed by atoms with Gasteiger partial charge < -0.3 is 11.5 Å². The monoisotopic (exact) mass is 546 g/mol. The molecule has 0 saturated heterocycles. The average Bonchev–Trinajstić information content (AvgIpc) is 2.99. The molecule has 1 atom stereocenters. The molecule has 5 aromatic rings. The second-order valence-electron chi connectivity index (χ2n) is 11.8. The van der Waals surface area contributed by atoms with Gasteiger partial charge in [-0.2, -0.15) is 0 Å². The minimum absolute atomic E-state index is 0.674. The van der Waals surface area contributed by atoms with Gasteiger partial charge in [-0.15, -0.1) is 0 Å². The zero-order valence-electron chi connectivity index (χ0n) is 24.9. The Morgan fingerprint density at radius 2 is 0.857 bits per heavy atom. The predicted molar refractivity (Wildman–Crippen MR) is 178 cm³/mol. The van der Waals surface area contributed by atoms with Crippen molar-refractivity contribution in [1.29, 1.82) is 0 Å². The van der Waals surface area contributed by atoms with Crippen molar-refractivity contribution < 1.29 is 0 Å². The van der Waals surface area contributed by atoms with E-state index in [1.807, 2.05) is 6.08 Å². The molecule has 5 aromatic carbocycles. The SMILES string of the molecule is Cc1ccc(C2=C(c3ccc(C)cc3)C(c3ccc(C)cc3)(c3ccccc3-c3ccc(C)cc3)C=CC2(N)N)cc1. The number of hydrogen-bond donors (Lipinski definition) is 2. The van der Waals surface area contributed by atoms with Crippen LogP contribution in [-0.2, 0) is 5.41 Å². The first kappa shape index (κ1) is 27.7. The standard InChI is InChI=1S/C40H38N2/c1-27-9-17-31(18-10-27)35-7-5-6-8-36(35)39(34-23-15-30(4)16-24-34)25-26-40(41,42)38(33-21-13-29(3)14-22-33)37(39)32-19-11-28(2)12-20-32/h5-26H,41-42H2,1-4H3. The van der Waals surface area contributed by atoms with Gasteiger partial charge in [0.25, 0.3) is 0 Å². The molecule has 42 heavy (non-hydrogen) atoms. The summed E-state index contributed by atoms with van der Waals surface area (Å²) in [6.45, 7) is 8.48. The Balaban J connectivity index is 1.80. The summed E-state index contributed by atoms with van der Waals surface area (Å²) in [6, 6.07) is 43.8. The Kier molecular flexibility index (Phi) is 7.06. The van der Waals surface area contributed by atoms with Gasteiger partial charge in [0.2, 0.25) is 0 Å². The lowest BCUT2D eigenvalue weighted by atomic mass is 9.59. The van der Waals surface area contributed by atoms with Crippen molar-refractivity contribution >= 4 is 11.1 Å². The summed E-state index contributed by atoms with van der Waals surface area (Å²) >= 11 is 0. The molecule has 0 bridgehead atoms. The van der Waals surface area contributed by atoms with E-state index in [9.17, 15) is 0 Å². The van der Waals surface area contributed by atoms with E-state index in [1.165, 1.54) is 44.5 Å². The van der Waals surface area contributed by atoms with Crippen LogP contribution in [0.2, 0.25) is 0 Å². The maximum Gasteiger partial charge on any atom is 0.110 e. The molecule has 1 unspecified atom stereocenters. The molecule has 4 N–H and O–H groups in total. The van der Waals surface area contributed by atoms with Gasteiger partial charge in [-0.05, 0) is 72.7 Å². The summed E-state index contributed by atoms with van der Waals surface area (Å²) in [5, 5.41) is 0. The van der Waals surface area contributed by atoms with Crippen molar-refractivity contribution in [2.45, 2.75) is 38.8 Å². The Hall–Kier alpha value is -4.50. The van der Waals surface area contributed by atoms with Crippen LogP contribution in [0.5, 0.6) is 0 Å². The van der Waals surface area contributed by atoms with E-state index in [2.05, 4.69) is 155 Å². The van der Waals surface area contributed by atoms with E-state index in [4.69, 9.17) is 11.5 Å². The molecule has 0 heterocycles. The fraction of sp³-hybridized carbons (Fsp3) is 0.150. The van der Waals surface area contributed by atoms with Crippen molar-refractivity contribution in [1.82, 2.24) is 0 Å². The molecular formula is C40H38N2. The van der Waals surface area contributed by atoms with E-state index in [0.717, 1.165) is 22.3 Å². The van der Waals surface area contributed by atoms with Crippen LogP contribution in [0.15, 0.2) is 133 Å². The smallest absolute Gasteiger partial charge is 0.110 e. The molecule has 0 aromatic heterocycles. The first-order valence-corrected chi connectivity index (χ1v) is 14.6. The summed E-state index contributed by atoms with van der Waals surface area (Å²) in [6.07, 6.45) is 4.25. The summed E-state index contributed by atoms with van der Waals surface area (Å²) in [7, 11) is 0. The Morgan fingerprint density at radius 3 is 1.38 bits per heavy atom. The van der Waals surface area contributed by atoms with Crippen LogP contribution < -0.4 is 11.5 Å². The molecule has 0 radical (unpaired) electrons. The van der Waals surface area contributed by atoms with Crippen molar-refractivity contribution in [3.05, 3.63) is 178 Å². The highest BCUT2D eigenvalue weighted by molar-refractivity contribution is 6.04. The van der Waals surface area contributed by atoms with Gasteiger partial charge in [0, 0.05) is 5.57 Å². The molecule has 6 rings (SSSR count). The van der Waals surface area contributed by atoms with Gasteiger partial charge in [-0.25, -0.2) is 0 Å². The van der Waals surface area contributed by atoms with Crippen LogP contribution >= 0.6 is 0 Å². The quantitative estimate of drug-likeness (QED) is 0.171. The Morgan fingerprint density at radius 1 is 0.429 bits per heavy atom. The first-order valence-electron chi connectivity index (χ1n) is 14.6. The maximum atomic E-state index is 7.05. The van der Waals surface area contributed by atoms with Crippen LogP contribution in [0.1, 0.15) is 44.5 Å². The predicted octanol–water partition coefficient (Wildman–Crippen LogP) is 8.67. The zero-order valence-corrected chi connectivity index (χ0v) is 24.9. The molecule has 0 spiro atoms. The van der Waals surface area contributed by atoms with Gasteiger partial charge in [-0.3, -0.25) is 0 Å². The Labute approximate surface area is 250 Å². The average molecular weight is 547 g/mol. The van der Waals surface area contributed by atoms with Gasteiger partial charge in [0.15, 0.2) is 0 Å². The second kappa shape index (κ2) is 10.7. The number of hydrogen-bond acceptors (Lipinski definition) is 2. The fourth-order valence-electron chi connectivity index (χ4n) is 6.30. The van der Waals surface area contributed by atoms with Crippen LogP contribution in [0.4, 0.5) is 0 Å². The number of rotatable bonds is 5. The van der Waals surface area contributed by atoms with E-state index in [0.29, 0.717) is 0 Å². The van der Waals surface area contributed by atoms with Gasteiger partial charge in [-0.1, -0.05) is 150 Å². The van der Waals surface area contributed by atoms with E-state index in [-0.39, 0.29) is 0 Å². The third-order valence-electron chi connectivity index (χ3n) is 8.59. The molecule has 1 aliphatic rings. The summed E-state index contributed by atoms with van der Waals surface area (Å²) in [4.78, 5) is 0. The molecule has 0 saturated carbocycles. The van der Waals surface area contributed by atoms with Crippen molar-refractivity contribution in [2.24, 2.45) is 11.5 Å². The molecule has 0 fully saturated rings. The third kappa shape index (κ3) is 4.83. The Bertz CT molecular complexity index is 1790. The molecule has 0 amide bonds. The zero-order chi connectivity index (χ0) is 29.5. The van der Waals surface area contributed by atoms with E-state index >= 15 is 0 Å². The molecular weight excluding hydrogens is 508 g/mol.